The predicted octanol–water partition coefficient (Wildman–Crippen LogP) is 7.99. The summed E-state index contributed by atoms with van der Waals surface area (Å²) in [5.41, 5.74) is 2.75. The molecule has 1 aliphatic rings. The maximum absolute atomic E-state index is 13.9. The zero-order valence-corrected chi connectivity index (χ0v) is 32.8. The van der Waals surface area contributed by atoms with Gasteiger partial charge in [-0.15, -0.1) is 23.1 Å². The molecule has 1 heterocycles. The van der Waals surface area contributed by atoms with Gasteiger partial charge >= 0.3 is 5.97 Å². The highest BCUT2D eigenvalue weighted by Gasteiger charge is 2.30. The van der Waals surface area contributed by atoms with Crippen LogP contribution in [0.5, 0.6) is 17.2 Å². The molecule has 3 N–H and O–H groups in total. The van der Waals surface area contributed by atoms with Gasteiger partial charge in [0, 0.05) is 21.0 Å². The van der Waals surface area contributed by atoms with E-state index in [1.54, 1.807) is 67.6 Å². The number of rotatable bonds is 15. The molecule has 2 unspecified atom stereocenters. The number of nitrogens with one attached hydrogen (secondary N) is 3. The third kappa shape index (κ3) is 9.63. The number of thioether (sulfide) groups is 1. The molecule has 3 aromatic carbocycles. The molecule has 0 radical (unpaired) electrons. The Kier molecular flexibility index (Phi) is 13.8. The second kappa shape index (κ2) is 18.7. The van der Waals surface area contributed by atoms with Gasteiger partial charge < -0.3 is 34.9 Å². The summed E-state index contributed by atoms with van der Waals surface area (Å²) in [4.78, 5) is 55.7. The van der Waals surface area contributed by atoms with Crippen LogP contribution in [-0.4, -0.2) is 56.9 Å². The first-order valence-corrected chi connectivity index (χ1v) is 19.4. The monoisotopic (exact) mass is 771 g/mol. The number of methoxy groups -OCH3 is 3. The van der Waals surface area contributed by atoms with Gasteiger partial charge in [0.05, 0.1) is 38.7 Å². The van der Waals surface area contributed by atoms with Gasteiger partial charge in [0.2, 0.25) is 11.7 Å². The zero-order chi connectivity index (χ0) is 38.8. The van der Waals surface area contributed by atoms with Gasteiger partial charge in [0.25, 0.3) is 11.8 Å². The van der Waals surface area contributed by atoms with Gasteiger partial charge in [-0.2, -0.15) is 0 Å². The van der Waals surface area contributed by atoms with Crippen molar-refractivity contribution in [3.63, 3.8) is 0 Å². The van der Waals surface area contributed by atoms with Crippen LogP contribution < -0.4 is 30.2 Å². The van der Waals surface area contributed by atoms with Gasteiger partial charge in [0.15, 0.2) is 11.5 Å². The minimum absolute atomic E-state index is 0.0348. The third-order valence-electron chi connectivity index (χ3n) is 8.79. The van der Waals surface area contributed by atoms with E-state index in [1.807, 2.05) is 13.0 Å². The Morgan fingerprint density at radius 3 is 2.30 bits per heavy atom. The maximum Gasteiger partial charge on any atom is 0.341 e. The van der Waals surface area contributed by atoms with Crippen molar-refractivity contribution in [2.24, 2.45) is 5.92 Å². The Morgan fingerprint density at radius 2 is 1.65 bits per heavy atom. The quantitative estimate of drug-likeness (QED) is 0.0623. The number of hydrogen-bond acceptors (Lipinski definition) is 10. The lowest BCUT2D eigenvalue weighted by Crippen LogP contribution is -2.30. The van der Waals surface area contributed by atoms with Crippen molar-refractivity contribution in [2.45, 2.75) is 56.6 Å². The molecule has 0 bridgehead atoms. The first-order chi connectivity index (χ1) is 26.1. The predicted molar refractivity (Wildman–Crippen MR) is 213 cm³/mol. The highest BCUT2D eigenvalue weighted by Crippen LogP contribution is 2.41. The van der Waals surface area contributed by atoms with Crippen LogP contribution in [0.15, 0.2) is 77.3 Å². The van der Waals surface area contributed by atoms with E-state index in [2.05, 4.69) is 22.9 Å². The summed E-state index contributed by atoms with van der Waals surface area (Å²) in [6.45, 7) is 6.13. The first kappa shape index (κ1) is 39.9. The minimum Gasteiger partial charge on any atom is -0.493 e. The highest BCUT2D eigenvalue weighted by atomic mass is 32.2. The number of esters is 1. The Bertz CT molecular complexity index is 2000. The minimum atomic E-state index is -0.581. The average molecular weight is 772 g/mol. The van der Waals surface area contributed by atoms with Gasteiger partial charge in [-0.1, -0.05) is 38.1 Å². The van der Waals surface area contributed by atoms with Gasteiger partial charge in [-0.25, -0.2) is 4.79 Å². The Morgan fingerprint density at radius 1 is 0.926 bits per heavy atom. The number of ether oxygens (including phenoxy) is 4. The fraction of sp³-hybridized carbons (Fsp3) is 0.317. The van der Waals surface area contributed by atoms with E-state index in [9.17, 15) is 19.2 Å². The molecule has 0 spiro atoms. The Balaban J connectivity index is 1.37. The second-order valence-corrected chi connectivity index (χ2v) is 15.0. The Hall–Kier alpha value is -5.27. The normalized spacial score (nSPS) is 14.3. The summed E-state index contributed by atoms with van der Waals surface area (Å²) in [5.74, 6) is -0.0593. The molecule has 5 rings (SSSR count). The van der Waals surface area contributed by atoms with Crippen LogP contribution >= 0.6 is 23.1 Å². The Labute approximate surface area is 323 Å². The van der Waals surface area contributed by atoms with Crippen molar-refractivity contribution in [2.75, 3.05) is 38.6 Å². The van der Waals surface area contributed by atoms with Crippen LogP contribution in [0, 0.1) is 5.92 Å². The lowest BCUT2D eigenvalue weighted by molar-refractivity contribution is -0.116. The van der Waals surface area contributed by atoms with Gasteiger partial charge in [-0.05, 0) is 98.2 Å². The van der Waals surface area contributed by atoms with E-state index in [1.165, 1.54) is 50.5 Å². The number of fused-ring (bicyclic) bond motifs is 1. The molecular weight excluding hydrogens is 727 g/mol. The second-order valence-electron chi connectivity index (χ2n) is 12.6. The summed E-state index contributed by atoms with van der Waals surface area (Å²) < 4.78 is 21.8. The number of amides is 3. The molecule has 0 aliphatic heterocycles. The molecule has 3 amide bonds. The van der Waals surface area contributed by atoms with Crippen molar-refractivity contribution >= 4 is 63.6 Å². The summed E-state index contributed by atoms with van der Waals surface area (Å²) in [6, 6.07) is 19.0. The molecule has 4 aromatic rings. The standard InChI is InChI=1S/C41H45N3O8S2/c1-7-33(39(47)44-40-35(41(48)52-8-2)29-18-17-24(3)19-34(29)54-40)53-28-16-12-15-27(23-28)42-38(46)30(43-37(45)26-13-10-9-11-14-26)20-25-21-31(49-4)36(51-6)32(22-25)50-5/h9-16,20-24,33H,7-8,17-19H2,1-6H3,(H,42,46)(H,43,45)(H,44,47)/b30-20+. The summed E-state index contributed by atoms with van der Waals surface area (Å²) >= 11 is 2.81. The van der Waals surface area contributed by atoms with Crippen molar-refractivity contribution < 1.29 is 38.1 Å². The number of anilines is 2. The van der Waals surface area contributed by atoms with Gasteiger partial charge in [-0.3, -0.25) is 14.4 Å². The van der Waals surface area contributed by atoms with E-state index < -0.39 is 23.0 Å². The topological polar surface area (TPSA) is 141 Å². The number of thiophene rings is 1. The van der Waals surface area contributed by atoms with E-state index in [-0.39, 0.29) is 18.2 Å². The summed E-state index contributed by atoms with van der Waals surface area (Å²) in [7, 11) is 4.47. The molecule has 13 heteroatoms. The molecule has 1 aromatic heterocycles. The van der Waals surface area contributed by atoms with Crippen molar-refractivity contribution in [3.05, 3.63) is 99.6 Å². The molecule has 11 nitrogen and oxygen atoms in total. The molecule has 0 saturated heterocycles. The van der Waals surface area contributed by atoms with Crippen LogP contribution in [0.25, 0.3) is 6.08 Å². The molecule has 284 valence electrons. The number of carbonyl (C=O) groups is 4. The van der Waals surface area contributed by atoms with E-state index in [0.29, 0.717) is 57.0 Å². The van der Waals surface area contributed by atoms with Crippen LogP contribution in [0.3, 0.4) is 0 Å². The zero-order valence-electron chi connectivity index (χ0n) is 31.2. The van der Waals surface area contributed by atoms with E-state index in [0.717, 1.165) is 34.6 Å². The smallest absolute Gasteiger partial charge is 0.341 e. The summed E-state index contributed by atoms with van der Waals surface area (Å²) in [5, 5.41) is 8.72. The number of carbonyl (C=O) groups excluding carboxylic acids is 4. The maximum atomic E-state index is 13.9. The average Bonchev–Trinajstić information content (AvgIpc) is 3.53. The van der Waals surface area contributed by atoms with Crippen molar-refractivity contribution in [3.8, 4) is 17.2 Å². The van der Waals surface area contributed by atoms with Crippen LogP contribution in [0.2, 0.25) is 0 Å². The van der Waals surface area contributed by atoms with Crippen LogP contribution in [-0.2, 0) is 27.2 Å². The first-order valence-electron chi connectivity index (χ1n) is 17.7. The summed E-state index contributed by atoms with van der Waals surface area (Å²) in [6.07, 6.45) is 4.64. The lowest BCUT2D eigenvalue weighted by atomic mass is 9.88. The van der Waals surface area contributed by atoms with Gasteiger partial charge in [0.1, 0.15) is 10.7 Å². The molecule has 0 fully saturated rings. The molecule has 1 aliphatic carbocycles. The largest absolute Gasteiger partial charge is 0.493 e. The third-order valence-corrected chi connectivity index (χ3v) is 11.3. The number of hydrogen-bond donors (Lipinski definition) is 3. The SMILES string of the molecule is CCOC(=O)c1c(NC(=O)C(CC)Sc2cccc(NC(=O)/C(=C\c3cc(OC)c(OC)c(OC)c3)NC(=O)c3ccccc3)c2)sc2c1CCC(C)C2. The molecule has 54 heavy (non-hydrogen) atoms. The molecular formula is C41H45N3O8S2. The fourth-order valence-corrected chi connectivity index (χ4v) is 8.49. The number of benzene rings is 3. The highest BCUT2D eigenvalue weighted by molar-refractivity contribution is 8.00. The van der Waals surface area contributed by atoms with Crippen molar-refractivity contribution in [1.29, 1.82) is 0 Å². The van der Waals surface area contributed by atoms with E-state index in [4.69, 9.17) is 18.9 Å². The van der Waals surface area contributed by atoms with Crippen molar-refractivity contribution in [1.82, 2.24) is 5.32 Å². The van der Waals surface area contributed by atoms with Crippen LogP contribution in [0.1, 0.15) is 70.3 Å². The lowest BCUT2D eigenvalue weighted by Gasteiger charge is -2.18. The molecule has 0 saturated carbocycles. The molecule has 2 atom stereocenters. The van der Waals surface area contributed by atoms with Crippen LogP contribution in [0.4, 0.5) is 10.7 Å². The fourth-order valence-electron chi connectivity index (χ4n) is 6.08. The van der Waals surface area contributed by atoms with E-state index >= 15 is 0 Å².